The van der Waals surface area contributed by atoms with Crippen molar-refractivity contribution in [3.63, 3.8) is 0 Å². The number of fused-ring (bicyclic) bond motifs is 1. The second kappa shape index (κ2) is 5.21. The number of carbonyl (C=O) groups is 1. The molecule has 102 valence electrons. The van der Waals surface area contributed by atoms with E-state index >= 15 is 0 Å². The number of hydrogen-bond donors (Lipinski definition) is 0. The van der Waals surface area contributed by atoms with Crippen LogP contribution < -0.4 is 9.47 Å². The zero-order valence-electron chi connectivity index (χ0n) is 11.2. The first-order valence-electron chi connectivity index (χ1n) is 6.97. The van der Waals surface area contributed by atoms with Gasteiger partial charge in [0.1, 0.15) is 0 Å². The standard InChI is InChI=1S/C15H19NO3/c1-2-12(16-7-3-4-8-16)15(17)11-5-6-13-14(9-11)19-10-18-13/h5-6,9,12H,2-4,7-8,10H2,1H3/t12-/m0/s1. The third-order valence-electron chi connectivity index (χ3n) is 3.93. The molecule has 1 atom stereocenters. The summed E-state index contributed by atoms with van der Waals surface area (Å²) in [5, 5.41) is 0. The highest BCUT2D eigenvalue weighted by Crippen LogP contribution is 2.33. The number of hydrogen-bond acceptors (Lipinski definition) is 4. The normalized spacial score (nSPS) is 19.6. The molecule has 0 radical (unpaired) electrons. The van der Waals surface area contributed by atoms with E-state index < -0.39 is 0 Å². The smallest absolute Gasteiger partial charge is 0.231 e. The summed E-state index contributed by atoms with van der Waals surface area (Å²) >= 11 is 0. The van der Waals surface area contributed by atoms with Gasteiger partial charge in [-0.25, -0.2) is 0 Å². The average Bonchev–Trinajstić information content (AvgIpc) is 3.09. The number of ether oxygens (including phenoxy) is 2. The number of benzene rings is 1. The summed E-state index contributed by atoms with van der Waals surface area (Å²) < 4.78 is 10.6. The topological polar surface area (TPSA) is 38.8 Å². The minimum atomic E-state index is 0.00266. The van der Waals surface area contributed by atoms with E-state index in [1.165, 1.54) is 12.8 Å². The summed E-state index contributed by atoms with van der Waals surface area (Å²) in [5.41, 5.74) is 0.725. The van der Waals surface area contributed by atoms with Crippen molar-refractivity contribution >= 4 is 5.78 Å². The molecule has 0 unspecified atom stereocenters. The summed E-state index contributed by atoms with van der Waals surface area (Å²) in [4.78, 5) is 14.9. The lowest BCUT2D eigenvalue weighted by molar-refractivity contribution is 0.0843. The molecule has 0 spiro atoms. The molecule has 0 bridgehead atoms. The highest BCUT2D eigenvalue weighted by Gasteiger charge is 2.28. The summed E-state index contributed by atoms with van der Waals surface area (Å²) in [6, 6.07) is 5.48. The Hall–Kier alpha value is -1.55. The molecule has 0 saturated carbocycles. The Balaban J connectivity index is 1.81. The van der Waals surface area contributed by atoms with Crippen LogP contribution in [0.4, 0.5) is 0 Å². The maximum Gasteiger partial charge on any atom is 0.231 e. The molecule has 2 heterocycles. The molecule has 0 aliphatic carbocycles. The fraction of sp³-hybridized carbons (Fsp3) is 0.533. The van der Waals surface area contributed by atoms with Crippen molar-refractivity contribution in [2.45, 2.75) is 32.2 Å². The predicted molar refractivity (Wildman–Crippen MR) is 71.8 cm³/mol. The van der Waals surface area contributed by atoms with Crippen molar-refractivity contribution in [3.8, 4) is 11.5 Å². The van der Waals surface area contributed by atoms with E-state index in [-0.39, 0.29) is 18.6 Å². The van der Waals surface area contributed by atoms with E-state index in [2.05, 4.69) is 11.8 Å². The van der Waals surface area contributed by atoms with Gasteiger partial charge in [0.05, 0.1) is 6.04 Å². The zero-order valence-corrected chi connectivity index (χ0v) is 11.2. The SMILES string of the molecule is CC[C@@H](C(=O)c1ccc2c(c1)OCO2)N1CCCC1. The van der Waals surface area contributed by atoms with E-state index in [1.807, 2.05) is 18.2 Å². The van der Waals surface area contributed by atoms with Crippen molar-refractivity contribution in [3.05, 3.63) is 23.8 Å². The Morgan fingerprint density at radius 2 is 2.00 bits per heavy atom. The minimum absolute atomic E-state index is 0.00266. The van der Waals surface area contributed by atoms with Crippen molar-refractivity contribution in [2.75, 3.05) is 19.9 Å². The Bertz CT molecular complexity index is 480. The van der Waals surface area contributed by atoms with Crippen molar-refractivity contribution in [1.29, 1.82) is 0 Å². The summed E-state index contributed by atoms with van der Waals surface area (Å²) in [6.45, 7) is 4.40. The second-order valence-electron chi connectivity index (χ2n) is 5.10. The van der Waals surface area contributed by atoms with Crippen LogP contribution in [-0.4, -0.2) is 36.6 Å². The molecule has 19 heavy (non-hydrogen) atoms. The van der Waals surface area contributed by atoms with Gasteiger partial charge in [0.2, 0.25) is 6.79 Å². The quantitative estimate of drug-likeness (QED) is 0.780. The molecule has 2 aliphatic heterocycles. The maximum atomic E-state index is 12.6. The Kier molecular flexibility index (Phi) is 3.42. The highest BCUT2D eigenvalue weighted by atomic mass is 16.7. The van der Waals surface area contributed by atoms with Crippen LogP contribution in [0.15, 0.2) is 18.2 Å². The van der Waals surface area contributed by atoms with E-state index in [4.69, 9.17) is 9.47 Å². The molecule has 4 heteroatoms. The molecule has 1 aromatic carbocycles. The van der Waals surface area contributed by atoms with Gasteiger partial charge in [-0.3, -0.25) is 9.69 Å². The molecule has 1 aromatic rings. The van der Waals surface area contributed by atoms with Gasteiger partial charge in [-0.15, -0.1) is 0 Å². The van der Waals surface area contributed by atoms with Crippen LogP contribution in [0.1, 0.15) is 36.5 Å². The lowest BCUT2D eigenvalue weighted by Crippen LogP contribution is -2.38. The number of ketones is 1. The van der Waals surface area contributed by atoms with Crippen LogP contribution in [0.25, 0.3) is 0 Å². The van der Waals surface area contributed by atoms with Crippen LogP contribution in [0, 0.1) is 0 Å². The number of likely N-dealkylation sites (tertiary alicyclic amines) is 1. The van der Waals surface area contributed by atoms with Crippen molar-refractivity contribution < 1.29 is 14.3 Å². The fourth-order valence-electron chi connectivity index (χ4n) is 2.90. The van der Waals surface area contributed by atoms with E-state index in [0.717, 1.165) is 30.8 Å². The molecule has 1 saturated heterocycles. The molecular weight excluding hydrogens is 242 g/mol. The lowest BCUT2D eigenvalue weighted by atomic mass is 10.0. The van der Waals surface area contributed by atoms with Crippen LogP contribution in [0.3, 0.4) is 0 Å². The van der Waals surface area contributed by atoms with Gasteiger partial charge in [-0.05, 0) is 50.6 Å². The third-order valence-corrected chi connectivity index (χ3v) is 3.93. The summed E-state index contributed by atoms with van der Waals surface area (Å²) in [6.07, 6.45) is 3.25. The monoisotopic (exact) mass is 261 g/mol. The predicted octanol–water partition coefficient (Wildman–Crippen LogP) is 2.47. The van der Waals surface area contributed by atoms with Gasteiger partial charge in [-0.1, -0.05) is 6.92 Å². The molecule has 3 rings (SSSR count). The lowest BCUT2D eigenvalue weighted by Gasteiger charge is -2.25. The van der Waals surface area contributed by atoms with E-state index in [0.29, 0.717) is 5.75 Å². The minimum Gasteiger partial charge on any atom is -0.454 e. The third kappa shape index (κ3) is 2.32. The zero-order chi connectivity index (χ0) is 13.2. The second-order valence-corrected chi connectivity index (χ2v) is 5.10. The molecule has 0 amide bonds. The summed E-state index contributed by atoms with van der Waals surface area (Å²) in [7, 11) is 0. The molecule has 1 fully saturated rings. The molecule has 4 nitrogen and oxygen atoms in total. The first-order valence-corrected chi connectivity index (χ1v) is 6.97. The van der Waals surface area contributed by atoms with Crippen molar-refractivity contribution in [2.24, 2.45) is 0 Å². The van der Waals surface area contributed by atoms with Gasteiger partial charge in [-0.2, -0.15) is 0 Å². The first kappa shape index (κ1) is 12.5. The highest BCUT2D eigenvalue weighted by molar-refractivity contribution is 6.00. The van der Waals surface area contributed by atoms with Crippen LogP contribution in [0.2, 0.25) is 0 Å². The summed E-state index contributed by atoms with van der Waals surface area (Å²) in [5.74, 6) is 1.61. The molecule has 2 aliphatic rings. The first-order chi connectivity index (χ1) is 9.29. The number of rotatable bonds is 4. The Morgan fingerprint density at radius 1 is 1.26 bits per heavy atom. The molecular formula is C15H19NO3. The van der Waals surface area contributed by atoms with Crippen LogP contribution in [0.5, 0.6) is 11.5 Å². The number of Topliss-reactive ketones (excluding diaryl/α,β-unsaturated/α-hetero) is 1. The van der Waals surface area contributed by atoms with E-state index in [9.17, 15) is 4.79 Å². The van der Waals surface area contributed by atoms with Gasteiger partial charge < -0.3 is 9.47 Å². The van der Waals surface area contributed by atoms with Gasteiger partial charge >= 0.3 is 0 Å². The van der Waals surface area contributed by atoms with Gasteiger partial charge in [0.25, 0.3) is 0 Å². The van der Waals surface area contributed by atoms with E-state index in [1.54, 1.807) is 0 Å². The average molecular weight is 261 g/mol. The number of carbonyl (C=O) groups excluding carboxylic acids is 1. The largest absolute Gasteiger partial charge is 0.454 e. The Labute approximate surface area is 113 Å². The fourth-order valence-corrected chi connectivity index (χ4v) is 2.90. The van der Waals surface area contributed by atoms with Gasteiger partial charge in [0.15, 0.2) is 17.3 Å². The Morgan fingerprint density at radius 3 is 2.74 bits per heavy atom. The molecule has 0 N–H and O–H groups in total. The molecule has 0 aromatic heterocycles. The van der Waals surface area contributed by atoms with Gasteiger partial charge in [0, 0.05) is 5.56 Å². The number of nitrogens with zero attached hydrogens (tertiary/aromatic N) is 1. The van der Waals surface area contributed by atoms with Crippen molar-refractivity contribution in [1.82, 2.24) is 4.90 Å². The van der Waals surface area contributed by atoms with Crippen LogP contribution >= 0.6 is 0 Å². The van der Waals surface area contributed by atoms with Crippen LogP contribution in [-0.2, 0) is 0 Å². The maximum absolute atomic E-state index is 12.6.